The maximum Gasteiger partial charge on any atom is 0.238 e. The van der Waals surface area contributed by atoms with E-state index >= 15 is 4.39 Å². The summed E-state index contributed by atoms with van der Waals surface area (Å²) in [5, 5.41) is 19.4. The molecule has 0 aromatic heterocycles. The van der Waals surface area contributed by atoms with Crippen LogP contribution < -0.4 is 16.0 Å². The molecular weight excluding hydrogens is 535 g/mol. The van der Waals surface area contributed by atoms with Gasteiger partial charge in [0.25, 0.3) is 0 Å². The van der Waals surface area contributed by atoms with Crippen LogP contribution in [0.3, 0.4) is 0 Å². The van der Waals surface area contributed by atoms with Gasteiger partial charge in [0, 0.05) is 35.5 Å². The maximum atomic E-state index is 15.9. The van der Waals surface area contributed by atoms with E-state index in [9.17, 15) is 19.1 Å². The number of hydrogen-bond acceptors (Lipinski definition) is 4. The lowest BCUT2D eigenvalue weighted by Gasteiger charge is -2.44. The van der Waals surface area contributed by atoms with Gasteiger partial charge >= 0.3 is 0 Å². The molecule has 38 heavy (non-hydrogen) atoms. The number of aliphatic hydroxyl groups is 1. The van der Waals surface area contributed by atoms with Crippen LogP contribution in [0.25, 0.3) is 0 Å². The minimum atomic E-state index is -1.01. The minimum absolute atomic E-state index is 0.0729. The monoisotopic (exact) mass is 567 g/mol. The van der Waals surface area contributed by atoms with Crippen LogP contribution in [0.4, 0.5) is 8.78 Å². The van der Waals surface area contributed by atoms with Crippen LogP contribution >= 0.6 is 23.2 Å². The number of halogens is 4. The van der Waals surface area contributed by atoms with E-state index < -0.39 is 52.9 Å². The van der Waals surface area contributed by atoms with Gasteiger partial charge in [0.1, 0.15) is 11.6 Å². The Hall–Kier alpha value is -2.00. The smallest absolute Gasteiger partial charge is 0.238 e. The molecule has 2 saturated heterocycles. The summed E-state index contributed by atoms with van der Waals surface area (Å²) < 4.78 is 30.1. The number of allylic oxidation sites excluding steroid dienone is 3. The van der Waals surface area contributed by atoms with E-state index in [1.807, 2.05) is 0 Å². The van der Waals surface area contributed by atoms with Crippen LogP contribution in [0.5, 0.6) is 0 Å². The Bertz CT molecular complexity index is 1230. The van der Waals surface area contributed by atoms with Crippen molar-refractivity contribution < 1.29 is 23.5 Å². The van der Waals surface area contributed by atoms with E-state index in [2.05, 4.69) is 36.7 Å². The third-order valence-corrected chi connectivity index (χ3v) is 8.82. The molecule has 3 fully saturated rings. The Kier molecular flexibility index (Phi) is 6.95. The fourth-order valence-electron chi connectivity index (χ4n) is 6.80. The third-order valence-electron chi connectivity index (χ3n) is 8.24. The molecule has 4 bridgehead atoms. The van der Waals surface area contributed by atoms with Crippen molar-refractivity contribution in [1.82, 2.24) is 16.0 Å². The predicted octanol–water partition coefficient (Wildman–Crippen LogP) is 4.66. The first kappa shape index (κ1) is 27.6. The number of piperidine rings is 1. The lowest BCUT2D eigenvalue weighted by Crippen LogP contribution is -2.59. The number of nitrogens with one attached hydrogen (secondary N) is 3. The highest BCUT2D eigenvalue weighted by molar-refractivity contribution is 6.31. The second-order valence-electron chi connectivity index (χ2n) is 12.7. The van der Waals surface area contributed by atoms with Crippen molar-refractivity contribution in [2.75, 3.05) is 0 Å². The standard InChI is InChI=1S/C28H33Cl2F2N3O3/c1-27(2,3)11-18-20-17-8-15(30)23(32)21(20)22(25(36)35-17)19(12-5-6-16(31)14(29)7-12)24(34-18)26(37)33-13-9-28(4,38)10-13/h5-8,13,18-22,24,34,38H,9-11H2,1-4H3,(H,33,37)(H,35,36)/t13?,18-,19-,20?,21?,22+,24-,28?/m1/s1. The van der Waals surface area contributed by atoms with Gasteiger partial charge in [-0.15, -0.1) is 0 Å². The highest BCUT2D eigenvalue weighted by Crippen LogP contribution is 2.53. The summed E-state index contributed by atoms with van der Waals surface area (Å²) in [5.41, 5.74) is -0.0727. The molecule has 5 rings (SSSR count). The molecule has 4 aliphatic rings. The molecule has 6 atom stereocenters. The number of benzene rings is 1. The molecule has 1 saturated carbocycles. The number of amides is 2. The van der Waals surface area contributed by atoms with Crippen molar-refractivity contribution in [2.45, 2.75) is 76.6 Å². The van der Waals surface area contributed by atoms with E-state index in [4.69, 9.17) is 23.2 Å². The first-order chi connectivity index (χ1) is 17.6. The molecule has 206 valence electrons. The quantitative estimate of drug-likeness (QED) is 0.425. The minimum Gasteiger partial charge on any atom is -0.390 e. The summed E-state index contributed by atoms with van der Waals surface area (Å²) in [6.45, 7) is 7.89. The normalized spacial score (nSPS) is 36.6. The number of rotatable bonds is 4. The Morgan fingerprint density at radius 2 is 1.84 bits per heavy atom. The molecule has 0 spiro atoms. The predicted molar refractivity (Wildman–Crippen MR) is 141 cm³/mol. The third kappa shape index (κ3) is 5.01. The molecule has 1 aromatic carbocycles. The zero-order chi connectivity index (χ0) is 27.7. The second-order valence-corrected chi connectivity index (χ2v) is 13.5. The summed E-state index contributed by atoms with van der Waals surface area (Å²) in [7, 11) is 0. The van der Waals surface area contributed by atoms with Gasteiger partial charge in [-0.3, -0.25) is 9.59 Å². The molecule has 4 N–H and O–H groups in total. The van der Waals surface area contributed by atoms with E-state index in [1.54, 1.807) is 6.92 Å². The van der Waals surface area contributed by atoms with Crippen LogP contribution in [0, 0.1) is 29.0 Å². The van der Waals surface area contributed by atoms with Crippen LogP contribution in [-0.4, -0.2) is 40.6 Å². The van der Waals surface area contributed by atoms with Gasteiger partial charge in [-0.2, -0.15) is 0 Å². The zero-order valence-corrected chi connectivity index (χ0v) is 23.3. The first-order valence-electron chi connectivity index (χ1n) is 13.0. The maximum absolute atomic E-state index is 15.9. The summed E-state index contributed by atoms with van der Waals surface area (Å²) in [4.78, 5) is 27.5. The van der Waals surface area contributed by atoms with E-state index in [-0.39, 0.29) is 33.5 Å². The molecular formula is C28H33Cl2F2N3O3. The summed E-state index contributed by atoms with van der Waals surface area (Å²) in [6, 6.07) is 2.51. The number of hydrogen-bond donors (Lipinski definition) is 4. The van der Waals surface area contributed by atoms with E-state index in [1.165, 1.54) is 24.3 Å². The lowest BCUT2D eigenvalue weighted by atomic mass is 9.64. The average Bonchev–Trinajstić information content (AvgIpc) is 2.89. The molecule has 2 heterocycles. The van der Waals surface area contributed by atoms with Crippen molar-refractivity contribution >= 4 is 35.0 Å². The van der Waals surface area contributed by atoms with Crippen LogP contribution in [0.2, 0.25) is 5.02 Å². The highest BCUT2D eigenvalue weighted by Gasteiger charge is 2.58. The topological polar surface area (TPSA) is 90.5 Å². The van der Waals surface area contributed by atoms with Crippen molar-refractivity contribution in [2.24, 2.45) is 23.2 Å². The van der Waals surface area contributed by atoms with Crippen LogP contribution in [0.1, 0.15) is 58.4 Å². The van der Waals surface area contributed by atoms with Gasteiger partial charge in [-0.1, -0.05) is 50.0 Å². The van der Waals surface area contributed by atoms with Crippen molar-refractivity contribution in [1.29, 1.82) is 0 Å². The van der Waals surface area contributed by atoms with Gasteiger partial charge in [0.15, 0.2) is 0 Å². The zero-order valence-electron chi connectivity index (χ0n) is 21.7. The van der Waals surface area contributed by atoms with E-state index in [0.29, 0.717) is 30.5 Å². The Labute approximate surface area is 231 Å². The fourth-order valence-corrected chi connectivity index (χ4v) is 7.23. The van der Waals surface area contributed by atoms with Gasteiger partial charge in [0.2, 0.25) is 11.8 Å². The summed E-state index contributed by atoms with van der Waals surface area (Å²) >= 11 is 12.5. The van der Waals surface area contributed by atoms with Gasteiger partial charge in [-0.05, 0) is 55.4 Å². The molecule has 6 nitrogen and oxygen atoms in total. The van der Waals surface area contributed by atoms with E-state index in [0.717, 1.165) is 0 Å². The van der Waals surface area contributed by atoms with Gasteiger partial charge in [0.05, 0.1) is 27.6 Å². The fraction of sp³-hybridized carbons (Fsp3) is 0.571. The molecule has 0 radical (unpaired) electrons. The summed E-state index contributed by atoms with van der Waals surface area (Å²) in [5.74, 6) is -5.28. The highest BCUT2D eigenvalue weighted by atomic mass is 35.5. The first-order valence-corrected chi connectivity index (χ1v) is 13.7. The van der Waals surface area contributed by atoms with Gasteiger partial charge in [-0.25, -0.2) is 8.78 Å². The van der Waals surface area contributed by atoms with Crippen molar-refractivity contribution in [3.05, 3.63) is 57.2 Å². The summed E-state index contributed by atoms with van der Waals surface area (Å²) in [6.07, 6.45) is 2.85. The van der Waals surface area contributed by atoms with Crippen molar-refractivity contribution in [3.8, 4) is 0 Å². The molecule has 10 heteroatoms. The van der Waals surface area contributed by atoms with Gasteiger partial charge < -0.3 is 21.1 Å². The van der Waals surface area contributed by atoms with Crippen molar-refractivity contribution in [3.63, 3.8) is 0 Å². The molecule has 2 amide bonds. The van der Waals surface area contributed by atoms with Crippen LogP contribution in [0.15, 0.2) is 40.8 Å². The number of carbonyl (C=O) groups excluding carboxylic acids is 2. The molecule has 1 aromatic rings. The van der Waals surface area contributed by atoms with Crippen LogP contribution in [-0.2, 0) is 9.59 Å². The number of carbonyl (C=O) groups is 2. The molecule has 2 aliphatic carbocycles. The SMILES string of the molecule is CC(C)(C)C[C@H]1N[C@@H](C(=O)NC2CC(C)(O)C2)[C@H](c2ccc(F)c(Cl)c2)[C@@H]2C(=O)NC3=CC(Cl)=C(F)C2C31. The Morgan fingerprint density at radius 3 is 2.45 bits per heavy atom. The largest absolute Gasteiger partial charge is 0.390 e. The Balaban J connectivity index is 1.65. The Morgan fingerprint density at radius 1 is 1.16 bits per heavy atom. The molecule has 2 unspecified atom stereocenters. The average molecular weight is 568 g/mol. The lowest BCUT2D eigenvalue weighted by molar-refractivity contribution is -0.131. The second kappa shape index (κ2) is 9.58. The molecule has 2 aliphatic heterocycles.